The summed E-state index contributed by atoms with van der Waals surface area (Å²) in [6.07, 6.45) is 4.10. The van der Waals surface area contributed by atoms with Crippen LogP contribution in [0.25, 0.3) is 0 Å². The summed E-state index contributed by atoms with van der Waals surface area (Å²) in [7, 11) is 1.99. The lowest BCUT2D eigenvalue weighted by molar-refractivity contribution is 0.661. The van der Waals surface area contributed by atoms with Gasteiger partial charge in [-0.2, -0.15) is 0 Å². The lowest BCUT2D eigenvalue weighted by Crippen LogP contribution is -2.18. The van der Waals surface area contributed by atoms with Crippen LogP contribution in [0.15, 0.2) is 47.6 Å². The molecular weight excluding hydrogens is 300 g/mol. The van der Waals surface area contributed by atoms with E-state index in [0.717, 1.165) is 22.2 Å². The fourth-order valence-corrected chi connectivity index (χ4v) is 3.50. The van der Waals surface area contributed by atoms with Crippen LogP contribution in [-0.2, 0) is 6.42 Å². The molecule has 1 aromatic carbocycles. The van der Waals surface area contributed by atoms with E-state index in [1.54, 1.807) is 18.0 Å². The number of halogens is 1. The summed E-state index contributed by atoms with van der Waals surface area (Å²) in [6, 6.07) is 12.9. The van der Waals surface area contributed by atoms with E-state index in [0.29, 0.717) is 6.04 Å². The number of pyridine rings is 1. The summed E-state index contributed by atoms with van der Waals surface area (Å²) in [5, 5.41) is 4.98. The quantitative estimate of drug-likeness (QED) is 0.746. The highest BCUT2D eigenvalue weighted by molar-refractivity contribution is 7.99. The van der Waals surface area contributed by atoms with Crippen LogP contribution in [0.2, 0.25) is 5.02 Å². The summed E-state index contributed by atoms with van der Waals surface area (Å²) < 4.78 is 0. The second-order valence-electron chi connectivity index (χ2n) is 4.93. The number of aromatic nitrogens is 1. The molecule has 2 rings (SSSR count). The molecule has 0 saturated carbocycles. The van der Waals surface area contributed by atoms with E-state index in [4.69, 9.17) is 11.6 Å². The average Bonchev–Trinajstić information content (AvgIpc) is 2.51. The fourth-order valence-electron chi connectivity index (χ4n) is 2.19. The molecule has 21 heavy (non-hydrogen) atoms. The molecule has 1 N–H and O–H groups in total. The van der Waals surface area contributed by atoms with Crippen molar-refractivity contribution in [2.75, 3.05) is 12.8 Å². The zero-order chi connectivity index (χ0) is 15.1. The predicted molar refractivity (Wildman–Crippen MR) is 92.2 cm³/mol. The fraction of sp³-hybridized carbons (Fsp3) is 0.353. The van der Waals surface area contributed by atoms with Crippen molar-refractivity contribution >= 4 is 23.4 Å². The Hall–Kier alpha value is -1.03. The first-order valence-electron chi connectivity index (χ1n) is 7.24. The van der Waals surface area contributed by atoms with Gasteiger partial charge in [-0.3, -0.25) is 0 Å². The highest BCUT2D eigenvalue weighted by atomic mass is 35.5. The number of hydrogen-bond acceptors (Lipinski definition) is 3. The molecule has 0 aliphatic carbocycles. The molecule has 0 fully saturated rings. The maximum atomic E-state index is 6.15. The third kappa shape index (κ3) is 4.73. The summed E-state index contributed by atoms with van der Waals surface area (Å²) >= 11 is 7.83. The van der Waals surface area contributed by atoms with Gasteiger partial charge in [-0.1, -0.05) is 49.2 Å². The number of nitrogens with one attached hydrogen (secondary N) is 1. The van der Waals surface area contributed by atoms with Gasteiger partial charge in [0, 0.05) is 18.0 Å². The minimum atomic E-state index is 0.295. The molecular formula is C17H21ClN2S. The van der Waals surface area contributed by atoms with Crippen molar-refractivity contribution in [3.05, 3.63) is 58.7 Å². The van der Waals surface area contributed by atoms with Crippen LogP contribution in [0, 0.1) is 0 Å². The van der Waals surface area contributed by atoms with Crippen molar-refractivity contribution < 1.29 is 0 Å². The average molecular weight is 321 g/mol. The van der Waals surface area contributed by atoms with Crippen LogP contribution < -0.4 is 5.32 Å². The Morgan fingerprint density at radius 1 is 1.24 bits per heavy atom. The molecule has 1 unspecified atom stereocenters. The molecule has 0 radical (unpaired) electrons. The molecule has 1 atom stereocenters. The van der Waals surface area contributed by atoms with Gasteiger partial charge in [-0.25, -0.2) is 4.98 Å². The molecule has 1 heterocycles. The zero-order valence-electron chi connectivity index (χ0n) is 12.5. The maximum Gasteiger partial charge on any atom is 0.115 e. The van der Waals surface area contributed by atoms with Gasteiger partial charge in [0.15, 0.2) is 0 Å². The Morgan fingerprint density at radius 2 is 2.00 bits per heavy atom. The van der Waals surface area contributed by atoms with Crippen molar-refractivity contribution in [2.24, 2.45) is 0 Å². The molecule has 2 aromatic rings. The van der Waals surface area contributed by atoms with Crippen molar-refractivity contribution in [1.82, 2.24) is 10.3 Å². The number of aryl methyl sites for hydroxylation is 1. The molecule has 2 nitrogen and oxygen atoms in total. The summed E-state index contributed by atoms with van der Waals surface area (Å²) in [5.41, 5.74) is 2.70. The predicted octanol–water partition coefficient (Wildman–Crippen LogP) is 4.74. The zero-order valence-corrected chi connectivity index (χ0v) is 14.0. The molecule has 1 aromatic heterocycles. The molecule has 0 aliphatic rings. The van der Waals surface area contributed by atoms with E-state index in [9.17, 15) is 0 Å². The molecule has 0 bridgehead atoms. The van der Waals surface area contributed by atoms with Crippen LogP contribution >= 0.6 is 23.4 Å². The normalized spacial score (nSPS) is 12.3. The molecule has 0 aliphatic heterocycles. The number of nitrogens with zero attached hydrogens (tertiary/aromatic N) is 1. The number of benzene rings is 1. The lowest BCUT2D eigenvalue weighted by Gasteiger charge is -2.16. The van der Waals surface area contributed by atoms with Crippen molar-refractivity contribution in [2.45, 2.75) is 30.8 Å². The molecule has 0 saturated heterocycles. The van der Waals surface area contributed by atoms with E-state index in [1.165, 1.54) is 17.5 Å². The van der Waals surface area contributed by atoms with Crippen LogP contribution in [-0.4, -0.2) is 17.8 Å². The minimum Gasteiger partial charge on any atom is -0.312 e. The summed E-state index contributed by atoms with van der Waals surface area (Å²) in [5.74, 6) is 0.903. The first-order chi connectivity index (χ1) is 10.2. The third-order valence-electron chi connectivity index (χ3n) is 3.38. The third-order valence-corrected chi connectivity index (χ3v) is 4.90. The Labute approximate surface area is 136 Å². The smallest absolute Gasteiger partial charge is 0.115 e. The molecule has 4 heteroatoms. The van der Waals surface area contributed by atoms with Gasteiger partial charge in [0.2, 0.25) is 0 Å². The highest BCUT2D eigenvalue weighted by Crippen LogP contribution is 2.28. The number of hydrogen-bond donors (Lipinski definition) is 1. The van der Waals surface area contributed by atoms with E-state index >= 15 is 0 Å². The van der Waals surface area contributed by atoms with Gasteiger partial charge in [-0.05, 0) is 36.7 Å². The van der Waals surface area contributed by atoms with E-state index in [2.05, 4.69) is 41.5 Å². The monoisotopic (exact) mass is 320 g/mol. The van der Waals surface area contributed by atoms with Crippen LogP contribution in [0.1, 0.15) is 30.5 Å². The Bertz CT molecular complexity index is 557. The largest absolute Gasteiger partial charge is 0.312 e. The lowest BCUT2D eigenvalue weighted by atomic mass is 10.0. The van der Waals surface area contributed by atoms with Crippen molar-refractivity contribution in [1.29, 1.82) is 0 Å². The Morgan fingerprint density at radius 3 is 2.62 bits per heavy atom. The summed E-state index contributed by atoms with van der Waals surface area (Å²) in [6.45, 7) is 2.21. The van der Waals surface area contributed by atoms with Gasteiger partial charge >= 0.3 is 0 Å². The van der Waals surface area contributed by atoms with Gasteiger partial charge in [0.1, 0.15) is 5.03 Å². The van der Waals surface area contributed by atoms with Gasteiger partial charge in [-0.15, -0.1) is 11.8 Å². The number of rotatable bonds is 7. The van der Waals surface area contributed by atoms with Gasteiger partial charge in [0.05, 0.1) is 5.02 Å². The molecule has 0 amide bonds. The van der Waals surface area contributed by atoms with Crippen molar-refractivity contribution in [3.63, 3.8) is 0 Å². The first-order valence-corrected chi connectivity index (χ1v) is 8.60. The second-order valence-corrected chi connectivity index (χ2v) is 6.35. The molecule has 0 spiro atoms. The van der Waals surface area contributed by atoms with Crippen molar-refractivity contribution in [3.8, 4) is 0 Å². The topological polar surface area (TPSA) is 24.9 Å². The van der Waals surface area contributed by atoms with Crippen LogP contribution in [0.3, 0.4) is 0 Å². The Balaban J connectivity index is 2.01. The standard InChI is InChI=1S/C17H21ClN2S/c1-3-5-13-7-9-14(10-8-13)16(19-2)12-21-17-15(18)6-4-11-20-17/h4,6-11,16,19H,3,5,12H2,1-2H3. The first kappa shape index (κ1) is 16.3. The Kier molecular flexibility index (Phi) is 6.55. The van der Waals surface area contributed by atoms with Gasteiger partial charge in [0.25, 0.3) is 0 Å². The molecule has 112 valence electrons. The summed E-state index contributed by atoms with van der Waals surface area (Å²) in [4.78, 5) is 4.32. The second kappa shape index (κ2) is 8.42. The van der Waals surface area contributed by atoms with E-state index in [1.807, 2.05) is 19.2 Å². The van der Waals surface area contributed by atoms with Gasteiger partial charge < -0.3 is 5.32 Å². The van der Waals surface area contributed by atoms with E-state index < -0.39 is 0 Å². The van der Waals surface area contributed by atoms with E-state index in [-0.39, 0.29) is 0 Å². The minimum absolute atomic E-state index is 0.295. The number of thioether (sulfide) groups is 1. The van der Waals surface area contributed by atoms with Crippen LogP contribution in [0.5, 0.6) is 0 Å². The maximum absolute atomic E-state index is 6.15. The van der Waals surface area contributed by atoms with Crippen LogP contribution in [0.4, 0.5) is 0 Å². The highest BCUT2D eigenvalue weighted by Gasteiger charge is 2.11. The SMILES string of the molecule is CCCc1ccc(C(CSc2ncccc2Cl)NC)cc1.